The van der Waals surface area contributed by atoms with Crippen molar-refractivity contribution < 1.29 is 9.21 Å². The summed E-state index contributed by atoms with van der Waals surface area (Å²) >= 11 is 23.0. The lowest BCUT2D eigenvalue weighted by Crippen LogP contribution is -2.34. The topological polar surface area (TPSA) is 67.2 Å². The Morgan fingerprint density at radius 1 is 1.08 bits per heavy atom. The number of halogens is 3. The third-order valence-corrected chi connectivity index (χ3v) is 4.49. The fourth-order valence-electron chi connectivity index (χ4n) is 2.06. The number of carbonyl (C=O) groups excluding carboxylic acids is 1. The van der Waals surface area contributed by atoms with Gasteiger partial charge in [0, 0.05) is 11.8 Å². The van der Waals surface area contributed by atoms with Crippen LogP contribution in [0.4, 0.5) is 5.82 Å². The first-order chi connectivity index (χ1) is 12.4. The minimum Gasteiger partial charge on any atom is -0.451 e. The third kappa shape index (κ3) is 4.34. The Bertz CT molecular complexity index is 974. The number of rotatable bonds is 3. The summed E-state index contributed by atoms with van der Waals surface area (Å²) in [5.74, 6) is 0.427. The Kier molecular flexibility index (Phi) is 5.78. The van der Waals surface area contributed by atoms with Crippen LogP contribution in [0.25, 0.3) is 11.3 Å². The van der Waals surface area contributed by atoms with E-state index in [1.807, 2.05) is 0 Å². The van der Waals surface area contributed by atoms with Crippen molar-refractivity contribution in [2.45, 2.75) is 0 Å². The van der Waals surface area contributed by atoms with Gasteiger partial charge in [0.05, 0.1) is 15.1 Å². The van der Waals surface area contributed by atoms with Gasteiger partial charge in [-0.05, 0) is 48.6 Å². The molecule has 0 spiro atoms. The highest BCUT2D eigenvalue weighted by molar-refractivity contribution is 7.80. The van der Waals surface area contributed by atoms with Crippen molar-refractivity contribution in [3.8, 4) is 11.3 Å². The number of furan rings is 1. The van der Waals surface area contributed by atoms with Crippen molar-refractivity contribution in [1.29, 1.82) is 0 Å². The molecule has 2 N–H and O–H groups in total. The normalized spacial score (nSPS) is 10.4. The van der Waals surface area contributed by atoms with Crippen LogP contribution < -0.4 is 10.6 Å². The largest absolute Gasteiger partial charge is 0.451 e. The lowest BCUT2D eigenvalue weighted by molar-refractivity contribution is 0.0951. The summed E-state index contributed by atoms with van der Waals surface area (Å²) in [7, 11) is 0. The van der Waals surface area contributed by atoms with Crippen LogP contribution in [0, 0.1) is 0 Å². The molecular formula is C17H10Cl3N3O2S. The molecule has 0 saturated carbocycles. The zero-order chi connectivity index (χ0) is 18.7. The maximum atomic E-state index is 12.3. The predicted molar refractivity (Wildman–Crippen MR) is 107 cm³/mol. The minimum absolute atomic E-state index is 0.0727. The number of pyridine rings is 1. The number of anilines is 1. The highest BCUT2D eigenvalue weighted by Gasteiger charge is 2.16. The number of carbonyl (C=O) groups is 1. The van der Waals surface area contributed by atoms with Crippen molar-refractivity contribution in [3.63, 3.8) is 0 Å². The summed E-state index contributed by atoms with van der Waals surface area (Å²) in [6, 6.07) is 11.6. The van der Waals surface area contributed by atoms with Gasteiger partial charge in [-0.1, -0.05) is 40.9 Å². The van der Waals surface area contributed by atoms with Crippen LogP contribution in [0.1, 0.15) is 10.6 Å². The average molecular weight is 427 g/mol. The number of thiocarbonyl (C=S) groups is 1. The number of nitrogens with zero attached hydrogens (tertiary/aromatic N) is 1. The van der Waals surface area contributed by atoms with E-state index in [4.69, 9.17) is 51.4 Å². The molecular weight excluding hydrogens is 417 g/mol. The molecule has 2 aromatic heterocycles. The molecule has 0 unspecified atom stereocenters. The van der Waals surface area contributed by atoms with E-state index in [-0.39, 0.29) is 10.9 Å². The first-order valence-electron chi connectivity index (χ1n) is 7.22. The second kappa shape index (κ2) is 8.05. The van der Waals surface area contributed by atoms with Crippen molar-refractivity contribution in [2.75, 3.05) is 5.32 Å². The molecule has 0 aliphatic rings. The Labute approximate surface area is 169 Å². The van der Waals surface area contributed by atoms with Crippen LogP contribution in [-0.4, -0.2) is 16.0 Å². The standard InChI is InChI=1S/C17H10Cl3N3O2S/c18-9-4-7-14(21-8-9)22-17(26)23-16(24)13-6-5-12(25-13)10-2-1-3-11(19)15(10)20/h1-8H,(H2,21,22,23,24,26). The SMILES string of the molecule is O=C(NC(=S)Nc1ccc(Cl)cn1)c1ccc(-c2cccc(Cl)c2Cl)o1. The van der Waals surface area contributed by atoms with Gasteiger partial charge in [-0.15, -0.1) is 0 Å². The average Bonchev–Trinajstić information content (AvgIpc) is 3.09. The second-order valence-electron chi connectivity index (χ2n) is 5.04. The Morgan fingerprint density at radius 2 is 1.88 bits per heavy atom. The number of amides is 1. The van der Waals surface area contributed by atoms with E-state index in [0.717, 1.165) is 0 Å². The quantitative estimate of drug-likeness (QED) is 0.547. The number of hydrogen-bond donors (Lipinski definition) is 2. The highest BCUT2D eigenvalue weighted by Crippen LogP contribution is 2.34. The molecule has 5 nitrogen and oxygen atoms in total. The highest BCUT2D eigenvalue weighted by atomic mass is 35.5. The molecule has 26 heavy (non-hydrogen) atoms. The van der Waals surface area contributed by atoms with Gasteiger partial charge >= 0.3 is 0 Å². The van der Waals surface area contributed by atoms with E-state index in [9.17, 15) is 4.79 Å². The van der Waals surface area contributed by atoms with Gasteiger partial charge < -0.3 is 9.73 Å². The van der Waals surface area contributed by atoms with Gasteiger partial charge in [0.1, 0.15) is 11.6 Å². The minimum atomic E-state index is -0.513. The molecule has 1 amide bonds. The Balaban J connectivity index is 1.69. The molecule has 3 aromatic rings. The van der Waals surface area contributed by atoms with Gasteiger partial charge in [-0.3, -0.25) is 10.1 Å². The van der Waals surface area contributed by atoms with Crippen LogP contribution in [0.5, 0.6) is 0 Å². The van der Waals surface area contributed by atoms with E-state index in [2.05, 4.69) is 15.6 Å². The van der Waals surface area contributed by atoms with Crippen LogP contribution in [0.15, 0.2) is 53.1 Å². The number of benzene rings is 1. The van der Waals surface area contributed by atoms with Crippen LogP contribution >= 0.6 is 47.0 Å². The monoisotopic (exact) mass is 425 g/mol. The molecule has 3 rings (SSSR count). The molecule has 0 aliphatic heterocycles. The smallest absolute Gasteiger partial charge is 0.293 e. The lowest BCUT2D eigenvalue weighted by atomic mass is 10.2. The molecule has 2 heterocycles. The Morgan fingerprint density at radius 3 is 2.62 bits per heavy atom. The van der Waals surface area contributed by atoms with Crippen molar-refractivity contribution in [1.82, 2.24) is 10.3 Å². The van der Waals surface area contributed by atoms with Crippen molar-refractivity contribution in [3.05, 3.63) is 69.5 Å². The van der Waals surface area contributed by atoms with Gasteiger partial charge in [-0.25, -0.2) is 4.98 Å². The summed E-state index contributed by atoms with van der Waals surface area (Å²) in [5.41, 5.74) is 0.587. The molecule has 0 radical (unpaired) electrons. The zero-order valence-electron chi connectivity index (χ0n) is 12.9. The van der Waals surface area contributed by atoms with Gasteiger partial charge in [-0.2, -0.15) is 0 Å². The Hall–Kier alpha value is -2.12. The maximum absolute atomic E-state index is 12.3. The van der Waals surface area contributed by atoms with Crippen LogP contribution in [-0.2, 0) is 0 Å². The van der Waals surface area contributed by atoms with Crippen molar-refractivity contribution in [2.24, 2.45) is 0 Å². The van der Waals surface area contributed by atoms with Gasteiger partial charge in [0.2, 0.25) is 0 Å². The number of aromatic nitrogens is 1. The van der Waals surface area contributed by atoms with E-state index in [1.54, 1.807) is 36.4 Å². The maximum Gasteiger partial charge on any atom is 0.293 e. The van der Waals surface area contributed by atoms with E-state index < -0.39 is 5.91 Å². The molecule has 0 saturated heterocycles. The van der Waals surface area contributed by atoms with Gasteiger partial charge in [0.25, 0.3) is 5.91 Å². The fraction of sp³-hybridized carbons (Fsp3) is 0. The molecule has 9 heteroatoms. The first kappa shape index (κ1) is 18.7. The number of nitrogens with one attached hydrogen (secondary N) is 2. The zero-order valence-corrected chi connectivity index (χ0v) is 16.0. The summed E-state index contributed by atoms with van der Waals surface area (Å²) < 4.78 is 5.56. The predicted octanol–water partition coefficient (Wildman–Crippen LogP) is 5.43. The van der Waals surface area contributed by atoms with Crippen molar-refractivity contribution >= 4 is 63.9 Å². The van der Waals surface area contributed by atoms with E-state index in [1.165, 1.54) is 12.3 Å². The molecule has 132 valence electrons. The summed E-state index contributed by atoms with van der Waals surface area (Å²) in [6.45, 7) is 0. The molecule has 0 fully saturated rings. The van der Waals surface area contributed by atoms with Gasteiger partial charge in [0.15, 0.2) is 10.9 Å². The van der Waals surface area contributed by atoms with E-state index in [0.29, 0.717) is 32.2 Å². The molecule has 0 atom stereocenters. The number of hydrogen-bond acceptors (Lipinski definition) is 4. The first-order valence-corrected chi connectivity index (χ1v) is 8.76. The molecule has 0 aliphatic carbocycles. The third-order valence-electron chi connectivity index (χ3n) is 3.24. The second-order valence-corrected chi connectivity index (χ2v) is 6.67. The summed E-state index contributed by atoms with van der Waals surface area (Å²) in [5, 5.41) is 6.59. The van der Waals surface area contributed by atoms with E-state index >= 15 is 0 Å². The van der Waals surface area contributed by atoms with Crippen LogP contribution in [0.2, 0.25) is 15.1 Å². The van der Waals surface area contributed by atoms with Crippen LogP contribution in [0.3, 0.4) is 0 Å². The summed E-state index contributed by atoms with van der Waals surface area (Å²) in [6.07, 6.45) is 1.46. The fourth-order valence-corrected chi connectivity index (χ4v) is 2.76. The molecule has 1 aromatic carbocycles. The molecule has 0 bridgehead atoms. The summed E-state index contributed by atoms with van der Waals surface area (Å²) in [4.78, 5) is 16.3. The lowest BCUT2D eigenvalue weighted by Gasteiger charge is -2.07.